The molecule has 0 aliphatic heterocycles. The average Bonchev–Trinajstić information content (AvgIpc) is 3.56. The summed E-state index contributed by atoms with van der Waals surface area (Å²) in [7, 11) is 0. The molecule has 0 aliphatic carbocycles. The van der Waals surface area contributed by atoms with Gasteiger partial charge in [0.15, 0.2) is 0 Å². The first-order valence-electron chi connectivity index (χ1n) is 13.6. The zero-order valence-electron chi connectivity index (χ0n) is 23.0. The van der Waals surface area contributed by atoms with E-state index < -0.39 is 6.04 Å². The van der Waals surface area contributed by atoms with Gasteiger partial charge in [-0.15, -0.1) is 11.3 Å². The normalized spacial score (nSPS) is 12.3. The number of amides is 2. The Kier molecular flexibility index (Phi) is 9.51. The SMILES string of the molecule is CCC(CC)n1c(Cc2cccs2)nc2cc(C(=O)N[C@@H](CC(C)C)C(=O)NCc3ccc(F)cc3)ccc21. The highest BCUT2D eigenvalue weighted by atomic mass is 32.1. The number of halogens is 1. The molecule has 2 aromatic carbocycles. The van der Waals surface area contributed by atoms with Gasteiger partial charge in [-0.05, 0) is 72.5 Å². The van der Waals surface area contributed by atoms with Crippen LogP contribution in [-0.4, -0.2) is 27.4 Å². The van der Waals surface area contributed by atoms with Gasteiger partial charge in [0.1, 0.15) is 17.7 Å². The molecule has 0 spiro atoms. The maximum absolute atomic E-state index is 13.3. The van der Waals surface area contributed by atoms with Crippen LogP contribution in [0.15, 0.2) is 60.0 Å². The minimum Gasteiger partial charge on any atom is -0.350 e. The number of nitrogens with zero attached hydrogens (tertiary/aromatic N) is 2. The van der Waals surface area contributed by atoms with E-state index in [4.69, 9.17) is 4.98 Å². The Hall–Kier alpha value is -3.52. The number of aromatic nitrogens is 2. The number of carbonyl (C=O) groups excluding carboxylic acids is 2. The Morgan fingerprint density at radius 1 is 1.05 bits per heavy atom. The Morgan fingerprint density at radius 2 is 1.79 bits per heavy atom. The van der Waals surface area contributed by atoms with E-state index in [1.165, 1.54) is 17.0 Å². The van der Waals surface area contributed by atoms with Crippen LogP contribution in [0.2, 0.25) is 0 Å². The summed E-state index contributed by atoms with van der Waals surface area (Å²) in [4.78, 5) is 32.6. The van der Waals surface area contributed by atoms with Gasteiger partial charge in [0.25, 0.3) is 5.91 Å². The summed E-state index contributed by atoms with van der Waals surface area (Å²) in [5.41, 5.74) is 3.06. The minimum absolute atomic E-state index is 0.199. The first-order chi connectivity index (χ1) is 18.8. The smallest absolute Gasteiger partial charge is 0.252 e. The molecule has 0 bridgehead atoms. The zero-order valence-corrected chi connectivity index (χ0v) is 23.9. The molecule has 39 heavy (non-hydrogen) atoms. The van der Waals surface area contributed by atoms with E-state index in [1.807, 2.05) is 32.0 Å². The Balaban J connectivity index is 1.55. The third-order valence-corrected chi connectivity index (χ3v) is 7.83. The van der Waals surface area contributed by atoms with Crippen LogP contribution >= 0.6 is 11.3 Å². The summed E-state index contributed by atoms with van der Waals surface area (Å²) in [6.45, 7) is 8.66. The van der Waals surface area contributed by atoms with Gasteiger partial charge in [-0.25, -0.2) is 9.37 Å². The van der Waals surface area contributed by atoms with Crippen molar-refractivity contribution in [1.82, 2.24) is 20.2 Å². The lowest BCUT2D eigenvalue weighted by Gasteiger charge is -2.20. The Morgan fingerprint density at radius 3 is 2.44 bits per heavy atom. The minimum atomic E-state index is -0.690. The molecule has 2 aromatic heterocycles. The van der Waals surface area contributed by atoms with Crippen molar-refractivity contribution in [3.63, 3.8) is 0 Å². The van der Waals surface area contributed by atoms with E-state index in [0.717, 1.165) is 41.7 Å². The predicted molar refractivity (Wildman–Crippen MR) is 155 cm³/mol. The largest absolute Gasteiger partial charge is 0.350 e. The molecule has 2 amide bonds. The summed E-state index contributed by atoms with van der Waals surface area (Å²) in [5.74, 6) is 0.298. The van der Waals surface area contributed by atoms with Gasteiger partial charge < -0.3 is 15.2 Å². The highest BCUT2D eigenvalue weighted by Gasteiger charge is 2.24. The van der Waals surface area contributed by atoms with Crippen molar-refractivity contribution >= 4 is 34.2 Å². The zero-order chi connectivity index (χ0) is 27.9. The average molecular weight is 549 g/mol. The summed E-state index contributed by atoms with van der Waals surface area (Å²) >= 11 is 1.72. The quantitative estimate of drug-likeness (QED) is 0.208. The number of thiophene rings is 1. The van der Waals surface area contributed by atoms with Crippen LogP contribution in [0.5, 0.6) is 0 Å². The topological polar surface area (TPSA) is 76.0 Å². The fourth-order valence-electron chi connectivity index (χ4n) is 4.90. The molecular formula is C31H37FN4O2S. The molecule has 2 N–H and O–H groups in total. The van der Waals surface area contributed by atoms with Crippen molar-refractivity contribution in [2.75, 3.05) is 0 Å². The highest BCUT2D eigenvalue weighted by Crippen LogP contribution is 2.28. The van der Waals surface area contributed by atoms with Crippen molar-refractivity contribution in [1.29, 1.82) is 0 Å². The van der Waals surface area contributed by atoms with Crippen molar-refractivity contribution in [3.05, 3.63) is 87.6 Å². The monoisotopic (exact) mass is 548 g/mol. The number of nitrogens with one attached hydrogen (secondary N) is 2. The molecule has 2 heterocycles. The fourth-order valence-corrected chi connectivity index (χ4v) is 5.61. The Labute approximate surface area is 233 Å². The molecule has 0 radical (unpaired) electrons. The lowest BCUT2D eigenvalue weighted by Crippen LogP contribution is -2.47. The molecule has 8 heteroatoms. The molecule has 1 atom stereocenters. The predicted octanol–water partition coefficient (Wildman–Crippen LogP) is 6.65. The summed E-state index contributed by atoms with van der Waals surface area (Å²) in [5, 5.41) is 7.88. The van der Waals surface area contributed by atoms with Gasteiger partial charge in [-0.3, -0.25) is 9.59 Å². The van der Waals surface area contributed by atoms with E-state index in [0.29, 0.717) is 18.0 Å². The molecule has 206 valence electrons. The molecule has 4 aromatic rings. The molecular weight excluding hydrogens is 511 g/mol. The van der Waals surface area contributed by atoms with Gasteiger partial charge >= 0.3 is 0 Å². The van der Waals surface area contributed by atoms with Crippen molar-refractivity contribution in [2.45, 2.75) is 72.0 Å². The summed E-state index contributed by atoms with van der Waals surface area (Å²) in [6.07, 6.45) is 3.23. The lowest BCUT2D eigenvalue weighted by atomic mass is 10.0. The molecule has 0 aliphatic rings. The molecule has 0 unspecified atom stereocenters. The van der Waals surface area contributed by atoms with Crippen LogP contribution in [0.25, 0.3) is 11.0 Å². The second kappa shape index (κ2) is 13.0. The van der Waals surface area contributed by atoms with Crippen molar-refractivity contribution in [2.24, 2.45) is 5.92 Å². The number of benzene rings is 2. The third kappa shape index (κ3) is 7.12. The molecule has 0 saturated heterocycles. The van der Waals surface area contributed by atoms with Gasteiger partial charge in [0.2, 0.25) is 5.91 Å². The van der Waals surface area contributed by atoms with E-state index in [2.05, 4.69) is 46.6 Å². The second-order valence-corrected chi connectivity index (χ2v) is 11.4. The maximum atomic E-state index is 13.3. The summed E-state index contributed by atoms with van der Waals surface area (Å²) in [6, 6.07) is 15.4. The lowest BCUT2D eigenvalue weighted by molar-refractivity contribution is -0.123. The third-order valence-electron chi connectivity index (χ3n) is 6.95. The van der Waals surface area contributed by atoms with E-state index in [9.17, 15) is 14.0 Å². The number of carbonyl (C=O) groups is 2. The number of hydrogen-bond acceptors (Lipinski definition) is 4. The van der Waals surface area contributed by atoms with Gasteiger partial charge in [0, 0.05) is 29.4 Å². The number of rotatable bonds is 12. The first kappa shape index (κ1) is 28.5. The van der Waals surface area contributed by atoms with E-state index in [-0.39, 0.29) is 30.1 Å². The molecule has 0 saturated carbocycles. The number of imidazole rings is 1. The van der Waals surface area contributed by atoms with Crippen molar-refractivity contribution < 1.29 is 14.0 Å². The molecule has 4 rings (SSSR count). The molecule has 0 fully saturated rings. The van der Waals surface area contributed by atoms with E-state index in [1.54, 1.807) is 23.5 Å². The molecule has 6 nitrogen and oxygen atoms in total. The van der Waals surface area contributed by atoms with Crippen LogP contribution in [-0.2, 0) is 17.8 Å². The summed E-state index contributed by atoms with van der Waals surface area (Å²) < 4.78 is 15.5. The Bertz CT molecular complexity index is 1390. The first-order valence-corrected chi connectivity index (χ1v) is 14.5. The number of hydrogen-bond donors (Lipinski definition) is 2. The second-order valence-electron chi connectivity index (χ2n) is 10.3. The van der Waals surface area contributed by atoms with Crippen LogP contribution in [0.4, 0.5) is 4.39 Å². The van der Waals surface area contributed by atoms with Gasteiger partial charge in [0.05, 0.1) is 11.0 Å². The standard InChI is InChI=1S/C31H37FN4O2S/c1-5-24(6-2)36-28-14-11-22(17-26(28)34-29(36)18-25-8-7-15-39-25)30(37)35-27(16-20(3)4)31(38)33-19-21-9-12-23(32)13-10-21/h7-15,17,20,24,27H,5-6,16,18-19H2,1-4H3,(H,33,38)(H,35,37)/t27-/m0/s1. The van der Waals surface area contributed by atoms with Crippen LogP contribution in [0.3, 0.4) is 0 Å². The fraction of sp³-hybridized carbons (Fsp3) is 0.387. The highest BCUT2D eigenvalue weighted by molar-refractivity contribution is 7.09. The van der Waals surface area contributed by atoms with Crippen molar-refractivity contribution in [3.8, 4) is 0 Å². The maximum Gasteiger partial charge on any atom is 0.252 e. The van der Waals surface area contributed by atoms with Gasteiger partial charge in [-0.2, -0.15) is 0 Å². The van der Waals surface area contributed by atoms with Crippen LogP contribution in [0, 0.1) is 11.7 Å². The van der Waals surface area contributed by atoms with Crippen LogP contribution < -0.4 is 10.6 Å². The van der Waals surface area contributed by atoms with Crippen LogP contribution in [0.1, 0.15) is 79.6 Å². The van der Waals surface area contributed by atoms with E-state index >= 15 is 0 Å². The van der Waals surface area contributed by atoms with Gasteiger partial charge in [-0.1, -0.05) is 45.9 Å². The number of fused-ring (bicyclic) bond motifs is 1.